The van der Waals surface area contributed by atoms with Crippen LogP contribution in [0.5, 0.6) is 5.75 Å². The van der Waals surface area contributed by atoms with Crippen molar-refractivity contribution in [1.82, 2.24) is 10.2 Å². The van der Waals surface area contributed by atoms with Crippen molar-refractivity contribution in [3.05, 3.63) is 68.4 Å². The van der Waals surface area contributed by atoms with Crippen molar-refractivity contribution in [2.75, 3.05) is 7.05 Å². The van der Waals surface area contributed by atoms with E-state index in [-0.39, 0.29) is 17.2 Å². The molecule has 0 bridgehead atoms. The SMILES string of the molecule is CN1C(=O)N/C(=C/c2ccc(OCc3ccc(C(=O)O)cc3)c(I)c2)C1=O. The molecule has 0 atom stereocenters. The number of carboxylic acid groups (broad SMARTS) is 1. The molecule has 1 aliphatic heterocycles. The topological polar surface area (TPSA) is 95.9 Å². The Bertz CT molecular complexity index is 953. The van der Waals surface area contributed by atoms with Gasteiger partial charge in [-0.15, -0.1) is 0 Å². The van der Waals surface area contributed by atoms with Crippen molar-refractivity contribution in [2.24, 2.45) is 0 Å². The van der Waals surface area contributed by atoms with E-state index in [4.69, 9.17) is 9.84 Å². The normalized spacial score (nSPS) is 15.2. The maximum absolute atomic E-state index is 11.9. The average Bonchev–Trinajstić information content (AvgIpc) is 2.88. The van der Waals surface area contributed by atoms with Gasteiger partial charge in [0.25, 0.3) is 5.91 Å². The molecule has 0 unspecified atom stereocenters. The van der Waals surface area contributed by atoms with Gasteiger partial charge in [0.1, 0.15) is 18.1 Å². The number of likely N-dealkylation sites (N-methyl/N-ethyl adjacent to an activating group) is 1. The third kappa shape index (κ3) is 4.27. The Balaban J connectivity index is 1.69. The maximum Gasteiger partial charge on any atom is 0.335 e. The lowest BCUT2D eigenvalue weighted by molar-refractivity contribution is -0.121. The molecule has 138 valence electrons. The number of imide groups is 1. The van der Waals surface area contributed by atoms with Crippen LogP contribution in [0.4, 0.5) is 4.79 Å². The number of rotatable bonds is 5. The molecule has 2 N–H and O–H groups in total. The van der Waals surface area contributed by atoms with Gasteiger partial charge >= 0.3 is 12.0 Å². The smallest absolute Gasteiger partial charge is 0.335 e. The fourth-order valence-corrected chi connectivity index (χ4v) is 3.11. The number of benzene rings is 2. The third-order valence-corrected chi connectivity index (χ3v) is 4.79. The van der Waals surface area contributed by atoms with Crippen LogP contribution >= 0.6 is 22.6 Å². The van der Waals surface area contributed by atoms with Crippen molar-refractivity contribution >= 4 is 46.6 Å². The predicted octanol–water partition coefficient (Wildman–Crippen LogP) is 3.09. The summed E-state index contributed by atoms with van der Waals surface area (Å²) in [7, 11) is 1.42. The lowest BCUT2D eigenvalue weighted by Crippen LogP contribution is -2.25. The van der Waals surface area contributed by atoms with E-state index in [1.807, 2.05) is 6.07 Å². The monoisotopic (exact) mass is 478 g/mol. The highest BCUT2D eigenvalue weighted by atomic mass is 127. The van der Waals surface area contributed by atoms with Crippen molar-refractivity contribution in [3.63, 3.8) is 0 Å². The van der Waals surface area contributed by atoms with Crippen LogP contribution in [0.3, 0.4) is 0 Å². The van der Waals surface area contributed by atoms with E-state index >= 15 is 0 Å². The minimum atomic E-state index is -0.968. The molecule has 3 amide bonds. The molecule has 0 saturated carbocycles. The zero-order valence-corrected chi connectivity index (χ0v) is 16.4. The summed E-state index contributed by atoms with van der Waals surface area (Å²) in [5.74, 6) is -0.677. The Morgan fingerprint density at radius 1 is 1.22 bits per heavy atom. The Morgan fingerprint density at radius 2 is 1.93 bits per heavy atom. The van der Waals surface area contributed by atoms with Crippen LogP contribution < -0.4 is 10.1 Å². The second-order valence-electron chi connectivity index (χ2n) is 5.83. The van der Waals surface area contributed by atoms with Crippen molar-refractivity contribution in [1.29, 1.82) is 0 Å². The second-order valence-corrected chi connectivity index (χ2v) is 7.00. The van der Waals surface area contributed by atoms with Crippen LogP contribution in [-0.4, -0.2) is 35.0 Å². The molecular formula is C19H15IN2O5. The summed E-state index contributed by atoms with van der Waals surface area (Å²) in [6.45, 7) is 0.301. The van der Waals surface area contributed by atoms with Crippen LogP contribution in [0.25, 0.3) is 6.08 Å². The number of halogens is 1. The van der Waals surface area contributed by atoms with Gasteiger partial charge in [-0.3, -0.25) is 9.69 Å². The Labute approximate surface area is 168 Å². The fraction of sp³-hybridized carbons (Fsp3) is 0.105. The Hall–Kier alpha value is -2.88. The highest BCUT2D eigenvalue weighted by molar-refractivity contribution is 14.1. The van der Waals surface area contributed by atoms with E-state index < -0.39 is 12.0 Å². The van der Waals surface area contributed by atoms with Gasteiger partial charge in [-0.1, -0.05) is 18.2 Å². The molecule has 7 nitrogen and oxygen atoms in total. The number of nitrogens with zero attached hydrogens (tertiary/aromatic N) is 1. The van der Waals surface area contributed by atoms with E-state index in [0.717, 1.165) is 19.6 Å². The molecule has 0 spiro atoms. The summed E-state index contributed by atoms with van der Waals surface area (Å²) in [4.78, 5) is 35.3. The van der Waals surface area contributed by atoms with E-state index in [2.05, 4.69) is 27.9 Å². The average molecular weight is 478 g/mol. The number of urea groups is 1. The molecule has 0 aromatic heterocycles. The number of carbonyl (C=O) groups excluding carboxylic acids is 2. The molecule has 2 aromatic carbocycles. The molecule has 1 fully saturated rings. The first-order valence-corrected chi connectivity index (χ1v) is 8.98. The highest BCUT2D eigenvalue weighted by Gasteiger charge is 2.29. The van der Waals surface area contributed by atoms with Crippen molar-refractivity contribution in [3.8, 4) is 5.75 Å². The minimum Gasteiger partial charge on any atom is -0.488 e. The van der Waals surface area contributed by atoms with Gasteiger partial charge in [0.15, 0.2) is 0 Å². The summed E-state index contributed by atoms with van der Waals surface area (Å²) >= 11 is 2.13. The summed E-state index contributed by atoms with van der Waals surface area (Å²) in [5.41, 5.74) is 2.07. The summed E-state index contributed by atoms with van der Waals surface area (Å²) < 4.78 is 6.62. The van der Waals surface area contributed by atoms with Crippen LogP contribution in [0.2, 0.25) is 0 Å². The van der Waals surface area contributed by atoms with Crippen molar-refractivity contribution in [2.45, 2.75) is 6.61 Å². The van der Waals surface area contributed by atoms with E-state index in [9.17, 15) is 14.4 Å². The van der Waals surface area contributed by atoms with Crippen LogP contribution in [0, 0.1) is 3.57 Å². The zero-order valence-electron chi connectivity index (χ0n) is 14.2. The van der Waals surface area contributed by atoms with E-state index in [1.165, 1.54) is 19.2 Å². The molecule has 27 heavy (non-hydrogen) atoms. The third-order valence-electron chi connectivity index (χ3n) is 3.94. The van der Waals surface area contributed by atoms with Crippen LogP contribution in [0.15, 0.2) is 48.2 Å². The number of nitrogens with one attached hydrogen (secondary N) is 1. The number of hydrogen-bond donors (Lipinski definition) is 2. The van der Waals surface area contributed by atoms with Gasteiger partial charge in [-0.2, -0.15) is 0 Å². The number of carboxylic acids is 1. The fourth-order valence-electron chi connectivity index (χ4n) is 2.42. The molecule has 2 aromatic rings. The van der Waals surface area contributed by atoms with Crippen molar-refractivity contribution < 1.29 is 24.2 Å². The standard InChI is InChI=1S/C19H15IN2O5/c1-22-17(23)15(21-19(22)26)9-12-4-7-16(14(20)8-12)27-10-11-2-5-13(6-3-11)18(24)25/h2-9H,10H2,1H3,(H,21,26)(H,24,25)/b15-9+. The van der Waals surface area contributed by atoms with Crippen LogP contribution in [0.1, 0.15) is 21.5 Å². The van der Waals surface area contributed by atoms with E-state index in [0.29, 0.717) is 12.4 Å². The molecule has 3 rings (SSSR count). The van der Waals surface area contributed by atoms with Gasteiger partial charge in [0.2, 0.25) is 0 Å². The summed E-state index contributed by atoms with van der Waals surface area (Å²) in [6.07, 6.45) is 1.61. The Kier molecular flexibility index (Phi) is 5.45. The number of amides is 3. The molecular weight excluding hydrogens is 463 g/mol. The largest absolute Gasteiger partial charge is 0.488 e. The lowest BCUT2D eigenvalue weighted by atomic mass is 10.1. The first-order valence-electron chi connectivity index (χ1n) is 7.90. The zero-order chi connectivity index (χ0) is 19.6. The summed E-state index contributed by atoms with van der Waals surface area (Å²) in [6, 6.07) is 11.4. The van der Waals surface area contributed by atoms with Gasteiger partial charge in [0, 0.05) is 7.05 Å². The summed E-state index contributed by atoms with van der Waals surface area (Å²) in [5, 5.41) is 11.4. The first kappa shape index (κ1) is 18.9. The molecule has 0 radical (unpaired) electrons. The number of carbonyl (C=O) groups is 3. The number of aromatic carboxylic acids is 1. The Morgan fingerprint density at radius 3 is 2.48 bits per heavy atom. The lowest BCUT2D eigenvalue weighted by Gasteiger charge is -2.09. The highest BCUT2D eigenvalue weighted by Crippen LogP contribution is 2.25. The predicted molar refractivity (Wildman–Crippen MR) is 106 cm³/mol. The number of ether oxygens (including phenoxy) is 1. The maximum atomic E-state index is 11.9. The van der Waals surface area contributed by atoms with Gasteiger partial charge in [0.05, 0.1) is 9.13 Å². The second kappa shape index (κ2) is 7.78. The molecule has 1 aliphatic rings. The molecule has 0 aliphatic carbocycles. The van der Waals surface area contributed by atoms with Gasteiger partial charge in [-0.25, -0.2) is 9.59 Å². The number of hydrogen-bond acceptors (Lipinski definition) is 4. The minimum absolute atomic E-state index is 0.227. The van der Waals surface area contributed by atoms with Gasteiger partial charge in [-0.05, 0) is 64.1 Å². The first-order chi connectivity index (χ1) is 12.8. The molecule has 8 heteroatoms. The molecule has 1 saturated heterocycles. The quantitative estimate of drug-likeness (QED) is 0.391. The molecule has 1 heterocycles. The van der Waals surface area contributed by atoms with E-state index in [1.54, 1.807) is 30.3 Å². The van der Waals surface area contributed by atoms with Gasteiger partial charge < -0.3 is 15.2 Å². The van der Waals surface area contributed by atoms with Crippen LogP contribution in [-0.2, 0) is 11.4 Å².